The maximum absolute atomic E-state index is 9.41. The molecule has 1 aromatic rings. The summed E-state index contributed by atoms with van der Waals surface area (Å²) in [6.45, 7) is 1.94. The summed E-state index contributed by atoms with van der Waals surface area (Å²) in [6.07, 6.45) is 1.04. The zero-order chi connectivity index (χ0) is 9.84. The molecular formula is C10H12Cl2O. The molecule has 0 bridgehead atoms. The number of rotatable bonds is 3. The molecule has 1 rings (SSSR count). The van der Waals surface area contributed by atoms with Gasteiger partial charge in [0.1, 0.15) is 0 Å². The summed E-state index contributed by atoms with van der Waals surface area (Å²) >= 11 is 11.6. The number of hydrogen-bond donors (Lipinski definition) is 1. The summed E-state index contributed by atoms with van der Waals surface area (Å²) < 4.78 is 0. The summed E-state index contributed by atoms with van der Waals surface area (Å²) in [4.78, 5) is 0. The van der Waals surface area contributed by atoms with Gasteiger partial charge in [0.2, 0.25) is 0 Å². The first-order valence-electron chi connectivity index (χ1n) is 4.25. The molecule has 1 atom stereocenters. The Kier molecular flexibility index (Phi) is 4.04. The largest absolute Gasteiger partial charge is 0.393 e. The lowest BCUT2D eigenvalue weighted by Gasteiger charge is -2.08. The molecule has 0 saturated carbocycles. The molecule has 0 aliphatic carbocycles. The van der Waals surface area contributed by atoms with E-state index < -0.39 is 0 Å². The monoisotopic (exact) mass is 218 g/mol. The van der Waals surface area contributed by atoms with Crippen molar-refractivity contribution in [3.8, 4) is 0 Å². The molecule has 1 aromatic carbocycles. The van der Waals surface area contributed by atoms with Crippen LogP contribution in [-0.4, -0.2) is 11.2 Å². The number of aliphatic hydroxyl groups is 1. The maximum Gasteiger partial charge on any atom is 0.0578 e. The van der Waals surface area contributed by atoms with Gasteiger partial charge in [-0.15, -0.1) is 0 Å². The van der Waals surface area contributed by atoms with Gasteiger partial charge in [0, 0.05) is 10.0 Å². The van der Waals surface area contributed by atoms with Crippen molar-refractivity contribution in [3.05, 3.63) is 33.8 Å². The van der Waals surface area contributed by atoms with Crippen LogP contribution in [0.5, 0.6) is 0 Å². The first-order valence-corrected chi connectivity index (χ1v) is 5.00. The summed E-state index contributed by atoms with van der Waals surface area (Å²) in [5.41, 5.74) is 0.979. The fraction of sp³-hybridized carbons (Fsp3) is 0.400. The van der Waals surface area contributed by atoms with E-state index in [4.69, 9.17) is 23.2 Å². The minimum atomic E-state index is -0.311. The van der Waals surface area contributed by atoms with Crippen molar-refractivity contribution in [2.75, 3.05) is 0 Å². The maximum atomic E-state index is 9.41. The molecule has 0 spiro atoms. The minimum absolute atomic E-state index is 0.311. The van der Waals surface area contributed by atoms with Crippen LogP contribution >= 0.6 is 23.2 Å². The highest BCUT2D eigenvalue weighted by Crippen LogP contribution is 2.20. The van der Waals surface area contributed by atoms with E-state index in [2.05, 4.69) is 0 Å². The molecule has 0 aliphatic rings. The van der Waals surface area contributed by atoms with Crippen LogP contribution in [0.15, 0.2) is 18.2 Å². The molecule has 0 saturated heterocycles. The number of aliphatic hydroxyl groups excluding tert-OH is 1. The number of halogens is 2. The Bertz CT molecular complexity index is 266. The first kappa shape index (κ1) is 10.8. The fourth-order valence-corrected chi connectivity index (χ4v) is 1.72. The van der Waals surface area contributed by atoms with Crippen molar-refractivity contribution in [1.29, 1.82) is 0 Å². The standard InChI is InChI=1S/C10H12Cl2O/c1-2-10(13)5-7-3-8(11)6-9(12)4-7/h3-4,6,10,13H,2,5H2,1H3/t10-/m1/s1. The summed E-state index contributed by atoms with van der Waals surface area (Å²) in [6, 6.07) is 5.34. The van der Waals surface area contributed by atoms with Crippen LogP contribution in [0.3, 0.4) is 0 Å². The van der Waals surface area contributed by atoms with E-state index in [9.17, 15) is 5.11 Å². The fourth-order valence-electron chi connectivity index (χ4n) is 1.15. The van der Waals surface area contributed by atoms with E-state index in [0.29, 0.717) is 16.5 Å². The van der Waals surface area contributed by atoms with Gasteiger partial charge in [-0.1, -0.05) is 30.1 Å². The van der Waals surface area contributed by atoms with Gasteiger partial charge in [0.05, 0.1) is 6.10 Å². The van der Waals surface area contributed by atoms with Crippen LogP contribution in [0.2, 0.25) is 10.0 Å². The Morgan fingerprint density at radius 1 is 1.23 bits per heavy atom. The third-order valence-electron chi connectivity index (χ3n) is 1.86. The Hall–Kier alpha value is -0.240. The summed E-state index contributed by atoms with van der Waals surface area (Å²) in [7, 11) is 0. The van der Waals surface area contributed by atoms with Crippen molar-refractivity contribution < 1.29 is 5.11 Å². The first-order chi connectivity index (χ1) is 6.11. The number of benzene rings is 1. The molecule has 72 valence electrons. The molecule has 13 heavy (non-hydrogen) atoms. The van der Waals surface area contributed by atoms with Crippen LogP contribution in [0.4, 0.5) is 0 Å². The molecule has 3 heteroatoms. The second kappa shape index (κ2) is 4.85. The zero-order valence-corrected chi connectivity index (χ0v) is 8.94. The second-order valence-electron chi connectivity index (χ2n) is 3.04. The highest BCUT2D eigenvalue weighted by Gasteiger charge is 2.04. The third kappa shape index (κ3) is 3.55. The quantitative estimate of drug-likeness (QED) is 0.826. The Morgan fingerprint density at radius 3 is 2.23 bits per heavy atom. The highest BCUT2D eigenvalue weighted by molar-refractivity contribution is 6.34. The molecule has 1 N–H and O–H groups in total. The van der Waals surface area contributed by atoms with Gasteiger partial charge in [-0.2, -0.15) is 0 Å². The Morgan fingerprint density at radius 2 is 1.77 bits per heavy atom. The topological polar surface area (TPSA) is 20.2 Å². The van der Waals surface area contributed by atoms with E-state index in [0.717, 1.165) is 12.0 Å². The summed E-state index contributed by atoms with van der Waals surface area (Å²) in [5, 5.41) is 10.6. The van der Waals surface area contributed by atoms with Gasteiger partial charge in [-0.05, 0) is 36.6 Å². The lowest BCUT2D eigenvalue weighted by atomic mass is 10.1. The van der Waals surface area contributed by atoms with Crippen molar-refractivity contribution in [2.24, 2.45) is 0 Å². The molecule has 0 unspecified atom stereocenters. The van der Waals surface area contributed by atoms with Crippen molar-refractivity contribution in [1.82, 2.24) is 0 Å². The van der Waals surface area contributed by atoms with Crippen LogP contribution in [-0.2, 0) is 6.42 Å². The van der Waals surface area contributed by atoms with Crippen LogP contribution < -0.4 is 0 Å². The molecule has 0 radical (unpaired) electrons. The van der Waals surface area contributed by atoms with Gasteiger partial charge in [0.15, 0.2) is 0 Å². The lowest BCUT2D eigenvalue weighted by molar-refractivity contribution is 0.171. The number of hydrogen-bond acceptors (Lipinski definition) is 1. The van der Waals surface area contributed by atoms with E-state index in [-0.39, 0.29) is 6.10 Å². The Labute approximate surface area is 88.3 Å². The molecule has 0 aliphatic heterocycles. The predicted molar refractivity (Wildman–Crippen MR) is 56.5 cm³/mol. The Balaban J connectivity index is 2.77. The van der Waals surface area contributed by atoms with E-state index in [1.807, 2.05) is 19.1 Å². The highest BCUT2D eigenvalue weighted by atomic mass is 35.5. The molecular weight excluding hydrogens is 207 g/mol. The van der Waals surface area contributed by atoms with Crippen LogP contribution in [0.25, 0.3) is 0 Å². The van der Waals surface area contributed by atoms with Crippen LogP contribution in [0.1, 0.15) is 18.9 Å². The van der Waals surface area contributed by atoms with Crippen molar-refractivity contribution in [2.45, 2.75) is 25.9 Å². The average molecular weight is 219 g/mol. The van der Waals surface area contributed by atoms with Crippen LogP contribution in [0, 0.1) is 0 Å². The second-order valence-corrected chi connectivity index (χ2v) is 3.92. The predicted octanol–water partition coefficient (Wildman–Crippen LogP) is 3.31. The van der Waals surface area contributed by atoms with Gasteiger partial charge >= 0.3 is 0 Å². The zero-order valence-electron chi connectivity index (χ0n) is 7.43. The molecule has 0 heterocycles. The van der Waals surface area contributed by atoms with Gasteiger partial charge in [-0.25, -0.2) is 0 Å². The smallest absolute Gasteiger partial charge is 0.0578 e. The normalized spacial score (nSPS) is 12.9. The molecule has 0 fully saturated rings. The summed E-state index contributed by atoms with van der Waals surface area (Å²) in [5.74, 6) is 0. The third-order valence-corrected chi connectivity index (χ3v) is 2.30. The minimum Gasteiger partial charge on any atom is -0.393 e. The van der Waals surface area contributed by atoms with E-state index in [1.165, 1.54) is 0 Å². The molecule has 1 nitrogen and oxygen atoms in total. The molecule has 0 aromatic heterocycles. The van der Waals surface area contributed by atoms with Crippen molar-refractivity contribution in [3.63, 3.8) is 0 Å². The lowest BCUT2D eigenvalue weighted by Crippen LogP contribution is -2.08. The van der Waals surface area contributed by atoms with Crippen molar-refractivity contribution >= 4 is 23.2 Å². The van der Waals surface area contributed by atoms with Gasteiger partial charge < -0.3 is 5.11 Å². The van der Waals surface area contributed by atoms with Gasteiger partial charge in [-0.3, -0.25) is 0 Å². The SMILES string of the molecule is CC[C@@H](O)Cc1cc(Cl)cc(Cl)c1. The van der Waals surface area contributed by atoms with E-state index >= 15 is 0 Å². The van der Waals surface area contributed by atoms with Gasteiger partial charge in [0.25, 0.3) is 0 Å². The van der Waals surface area contributed by atoms with E-state index in [1.54, 1.807) is 6.07 Å². The molecule has 0 amide bonds. The average Bonchev–Trinajstić information content (AvgIpc) is 2.02.